The van der Waals surface area contributed by atoms with Crippen molar-refractivity contribution in [3.05, 3.63) is 23.7 Å². The van der Waals surface area contributed by atoms with Crippen molar-refractivity contribution < 1.29 is 19.1 Å². The van der Waals surface area contributed by atoms with Crippen LogP contribution in [-0.2, 0) is 0 Å². The lowest BCUT2D eigenvalue weighted by Crippen LogP contribution is -2.38. The zero-order chi connectivity index (χ0) is 13.1. The molecule has 6 nitrogen and oxygen atoms in total. The van der Waals surface area contributed by atoms with Crippen LogP contribution in [0.4, 0.5) is 0 Å². The third-order valence-corrected chi connectivity index (χ3v) is 3.27. The Bertz CT molecular complexity index is 455. The molecule has 1 amide bonds. The number of carbonyl (C=O) groups excluding carboxylic acids is 1. The number of carbonyl (C=O) groups is 2. The Morgan fingerprint density at radius 2 is 2.39 bits per heavy atom. The summed E-state index contributed by atoms with van der Waals surface area (Å²) in [6, 6.07) is 1.59. The van der Waals surface area contributed by atoms with Crippen LogP contribution in [0, 0.1) is 0 Å². The first-order valence-electron chi connectivity index (χ1n) is 5.89. The molecule has 0 bridgehead atoms. The number of nitrogens with zero attached hydrogens (tertiary/aromatic N) is 1. The molecule has 1 aliphatic heterocycles. The van der Waals surface area contributed by atoms with Crippen LogP contribution >= 0.6 is 0 Å². The highest BCUT2D eigenvalue weighted by Gasteiger charge is 2.24. The lowest BCUT2D eigenvalue weighted by atomic mass is 10.2. The van der Waals surface area contributed by atoms with Crippen molar-refractivity contribution in [3.63, 3.8) is 0 Å². The Labute approximate surface area is 105 Å². The summed E-state index contributed by atoms with van der Waals surface area (Å²) >= 11 is 0. The number of likely N-dealkylation sites (tertiary alicyclic amines) is 1. The Hall–Kier alpha value is -1.82. The number of furan rings is 1. The molecular weight excluding hydrogens is 236 g/mol. The molecule has 1 atom stereocenters. The molecule has 1 aliphatic rings. The molecule has 2 rings (SSSR count). The van der Waals surface area contributed by atoms with E-state index in [1.165, 1.54) is 12.3 Å². The Kier molecular flexibility index (Phi) is 3.66. The minimum Gasteiger partial charge on any atom is -0.478 e. The fourth-order valence-electron chi connectivity index (χ4n) is 2.18. The van der Waals surface area contributed by atoms with Gasteiger partial charge in [0, 0.05) is 12.6 Å². The number of carboxylic acids is 1. The van der Waals surface area contributed by atoms with Crippen LogP contribution < -0.4 is 5.32 Å². The van der Waals surface area contributed by atoms with E-state index in [4.69, 9.17) is 9.52 Å². The van der Waals surface area contributed by atoms with Crippen LogP contribution in [-0.4, -0.2) is 48.1 Å². The number of nitrogens with one attached hydrogen (secondary N) is 1. The van der Waals surface area contributed by atoms with Gasteiger partial charge in [0.2, 0.25) is 5.76 Å². The minimum absolute atomic E-state index is 0.104. The van der Waals surface area contributed by atoms with E-state index in [-0.39, 0.29) is 11.3 Å². The second-order valence-corrected chi connectivity index (χ2v) is 4.46. The van der Waals surface area contributed by atoms with E-state index in [0.717, 1.165) is 19.4 Å². The number of hydrogen-bond donors (Lipinski definition) is 2. The van der Waals surface area contributed by atoms with Gasteiger partial charge in [-0.25, -0.2) is 4.79 Å². The second kappa shape index (κ2) is 5.22. The number of rotatable bonds is 4. The van der Waals surface area contributed by atoms with Gasteiger partial charge in [-0.3, -0.25) is 4.79 Å². The maximum Gasteiger partial charge on any atom is 0.339 e. The average molecular weight is 252 g/mol. The van der Waals surface area contributed by atoms with Crippen LogP contribution in [0.5, 0.6) is 0 Å². The predicted molar refractivity (Wildman–Crippen MR) is 63.7 cm³/mol. The minimum atomic E-state index is -1.16. The Morgan fingerprint density at radius 1 is 1.61 bits per heavy atom. The molecule has 98 valence electrons. The highest BCUT2D eigenvalue weighted by molar-refractivity contribution is 6.02. The number of amides is 1. The highest BCUT2D eigenvalue weighted by Crippen LogP contribution is 2.14. The van der Waals surface area contributed by atoms with Gasteiger partial charge < -0.3 is 19.7 Å². The number of likely N-dealkylation sites (N-methyl/N-ethyl adjacent to an activating group) is 1. The van der Waals surface area contributed by atoms with Crippen molar-refractivity contribution in [1.29, 1.82) is 0 Å². The van der Waals surface area contributed by atoms with E-state index in [0.29, 0.717) is 12.6 Å². The third-order valence-electron chi connectivity index (χ3n) is 3.27. The number of aromatic carboxylic acids is 1. The van der Waals surface area contributed by atoms with Gasteiger partial charge in [-0.1, -0.05) is 0 Å². The quantitative estimate of drug-likeness (QED) is 0.828. The summed E-state index contributed by atoms with van der Waals surface area (Å²) in [5, 5.41) is 11.6. The molecule has 1 unspecified atom stereocenters. The van der Waals surface area contributed by atoms with Crippen molar-refractivity contribution in [3.8, 4) is 0 Å². The molecule has 0 aromatic carbocycles. The third kappa shape index (κ3) is 2.53. The standard InChI is InChI=1S/C12H16N2O4/c1-14-5-2-3-8(14)7-13-11(15)10-9(12(16)17)4-6-18-10/h4,6,8H,2-3,5,7H2,1H3,(H,13,15)(H,16,17). The first kappa shape index (κ1) is 12.6. The first-order valence-corrected chi connectivity index (χ1v) is 5.89. The van der Waals surface area contributed by atoms with Gasteiger partial charge in [0.15, 0.2) is 0 Å². The van der Waals surface area contributed by atoms with E-state index >= 15 is 0 Å². The lowest BCUT2D eigenvalue weighted by Gasteiger charge is -2.19. The fraction of sp³-hybridized carbons (Fsp3) is 0.500. The summed E-state index contributed by atoms with van der Waals surface area (Å²) in [7, 11) is 2.01. The molecule has 2 N–H and O–H groups in total. The van der Waals surface area contributed by atoms with Crippen LogP contribution in [0.2, 0.25) is 0 Å². The maximum atomic E-state index is 11.8. The Morgan fingerprint density at radius 3 is 3.00 bits per heavy atom. The van der Waals surface area contributed by atoms with Gasteiger partial charge in [-0.15, -0.1) is 0 Å². The van der Waals surface area contributed by atoms with E-state index in [9.17, 15) is 9.59 Å². The van der Waals surface area contributed by atoms with Gasteiger partial charge in [0.25, 0.3) is 5.91 Å². The first-order chi connectivity index (χ1) is 8.59. The molecule has 1 fully saturated rings. The van der Waals surface area contributed by atoms with E-state index < -0.39 is 11.9 Å². The van der Waals surface area contributed by atoms with Crippen molar-refractivity contribution >= 4 is 11.9 Å². The van der Waals surface area contributed by atoms with Crippen LogP contribution in [0.15, 0.2) is 16.7 Å². The van der Waals surface area contributed by atoms with Crippen molar-refractivity contribution in [2.75, 3.05) is 20.1 Å². The number of hydrogen-bond acceptors (Lipinski definition) is 4. The van der Waals surface area contributed by atoms with E-state index in [1.807, 2.05) is 7.05 Å². The average Bonchev–Trinajstić information content (AvgIpc) is 2.94. The summed E-state index contributed by atoms with van der Waals surface area (Å²) < 4.78 is 4.92. The normalized spacial score (nSPS) is 19.9. The second-order valence-electron chi connectivity index (χ2n) is 4.46. The smallest absolute Gasteiger partial charge is 0.339 e. The molecule has 2 heterocycles. The molecule has 18 heavy (non-hydrogen) atoms. The zero-order valence-electron chi connectivity index (χ0n) is 10.2. The molecular formula is C12H16N2O4. The summed E-state index contributed by atoms with van der Waals surface area (Å²) in [6.45, 7) is 1.54. The zero-order valence-corrected chi connectivity index (χ0v) is 10.2. The number of carboxylic acid groups (broad SMARTS) is 1. The maximum absolute atomic E-state index is 11.8. The topological polar surface area (TPSA) is 82.8 Å². The van der Waals surface area contributed by atoms with Crippen molar-refractivity contribution in [2.24, 2.45) is 0 Å². The molecule has 0 aliphatic carbocycles. The van der Waals surface area contributed by atoms with Gasteiger partial charge in [0.05, 0.1) is 6.26 Å². The molecule has 0 spiro atoms. The van der Waals surface area contributed by atoms with Crippen LogP contribution in [0.3, 0.4) is 0 Å². The summed E-state index contributed by atoms with van der Waals surface area (Å²) in [5.74, 6) is -1.77. The monoisotopic (exact) mass is 252 g/mol. The summed E-state index contributed by atoms with van der Waals surface area (Å²) in [6.07, 6.45) is 3.37. The van der Waals surface area contributed by atoms with Gasteiger partial charge in [-0.2, -0.15) is 0 Å². The van der Waals surface area contributed by atoms with Gasteiger partial charge >= 0.3 is 5.97 Å². The SMILES string of the molecule is CN1CCCC1CNC(=O)c1occc1C(=O)O. The molecule has 6 heteroatoms. The Balaban J connectivity index is 1.95. The molecule has 0 saturated carbocycles. The predicted octanol–water partition coefficient (Wildman–Crippen LogP) is 0.802. The summed E-state index contributed by atoms with van der Waals surface area (Å²) in [4.78, 5) is 24.8. The van der Waals surface area contributed by atoms with Crippen LogP contribution in [0.1, 0.15) is 33.8 Å². The fourth-order valence-corrected chi connectivity index (χ4v) is 2.18. The molecule has 1 aromatic rings. The van der Waals surface area contributed by atoms with Crippen molar-refractivity contribution in [1.82, 2.24) is 10.2 Å². The summed E-state index contributed by atoms with van der Waals surface area (Å²) in [5.41, 5.74) is -0.104. The molecule has 1 saturated heterocycles. The molecule has 0 radical (unpaired) electrons. The van der Waals surface area contributed by atoms with Gasteiger partial charge in [-0.05, 0) is 32.5 Å². The lowest BCUT2D eigenvalue weighted by molar-refractivity contribution is 0.0687. The van der Waals surface area contributed by atoms with E-state index in [2.05, 4.69) is 10.2 Å². The van der Waals surface area contributed by atoms with Crippen molar-refractivity contribution in [2.45, 2.75) is 18.9 Å². The molecule has 1 aromatic heterocycles. The highest BCUT2D eigenvalue weighted by atomic mass is 16.4. The van der Waals surface area contributed by atoms with E-state index in [1.54, 1.807) is 0 Å². The van der Waals surface area contributed by atoms with Crippen LogP contribution in [0.25, 0.3) is 0 Å². The largest absolute Gasteiger partial charge is 0.478 e. The van der Waals surface area contributed by atoms with Gasteiger partial charge in [0.1, 0.15) is 5.56 Å².